The largest absolute Gasteiger partial charge is 0.435 e. The van der Waals surface area contributed by atoms with Gasteiger partial charge < -0.3 is 15.8 Å². The van der Waals surface area contributed by atoms with Gasteiger partial charge in [-0.15, -0.1) is 0 Å². The minimum absolute atomic E-state index is 0.146. The van der Waals surface area contributed by atoms with Crippen LogP contribution in [0.15, 0.2) is 79.1 Å². The maximum absolute atomic E-state index is 12.4. The van der Waals surface area contributed by atoms with Crippen LogP contribution in [0.3, 0.4) is 0 Å². The van der Waals surface area contributed by atoms with Gasteiger partial charge in [0.05, 0.1) is 24.1 Å². The predicted molar refractivity (Wildman–Crippen MR) is 116 cm³/mol. The third-order valence-corrected chi connectivity index (χ3v) is 4.27. The topological polar surface area (TPSA) is 81.4 Å². The van der Waals surface area contributed by atoms with Gasteiger partial charge in [-0.05, 0) is 40.5 Å². The smallest absolute Gasteiger partial charge is 0.307 e. The first kappa shape index (κ1) is 19.9. The zero-order valence-electron chi connectivity index (χ0n) is 16.1. The molecule has 5 nitrogen and oxygen atoms in total. The van der Waals surface area contributed by atoms with Gasteiger partial charge in [0, 0.05) is 6.92 Å². The number of carbonyl (C=O) groups is 2. The Kier molecular flexibility index (Phi) is 6.43. The lowest BCUT2D eigenvalue weighted by molar-refractivity contribution is -0.135. The lowest BCUT2D eigenvalue weighted by Crippen LogP contribution is -2.15. The van der Waals surface area contributed by atoms with Crippen LogP contribution in [0.2, 0.25) is 0 Å². The van der Waals surface area contributed by atoms with E-state index in [1.165, 1.54) is 13.2 Å². The maximum Gasteiger partial charge on any atom is 0.307 e. The van der Waals surface area contributed by atoms with Crippen LogP contribution in [0, 0.1) is 0 Å². The third-order valence-electron chi connectivity index (χ3n) is 4.27. The fraction of sp³-hybridized carbons (Fsp3) is 0.0833. The van der Waals surface area contributed by atoms with Gasteiger partial charge in [0.25, 0.3) is 0 Å². The van der Waals surface area contributed by atoms with Gasteiger partial charge in [-0.3, -0.25) is 9.59 Å². The summed E-state index contributed by atoms with van der Waals surface area (Å²) in [6.07, 6.45) is 3.25. The van der Waals surface area contributed by atoms with Crippen LogP contribution >= 0.6 is 0 Å². The Morgan fingerprint density at radius 3 is 2.34 bits per heavy atom. The number of ether oxygens (including phenoxy) is 1. The van der Waals surface area contributed by atoms with E-state index < -0.39 is 0 Å². The molecule has 0 aliphatic heterocycles. The van der Waals surface area contributed by atoms with Crippen molar-refractivity contribution in [2.45, 2.75) is 13.3 Å². The maximum atomic E-state index is 12.4. The van der Waals surface area contributed by atoms with Crippen molar-refractivity contribution in [1.82, 2.24) is 0 Å². The van der Waals surface area contributed by atoms with Crippen LogP contribution in [0.1, 0.15) is 18.1 Å². The van der Waals surface area contributed by atoms with E-state index in [1.54, 1.807) is 6.08 Å². The van der Waals surface area contributed by atoms with Crippen molar-refractivity contribution in [3.63, 3.8) is 0 Å². The summed E-state index contributed by atoms with van der Waals surface area (Å²) in [5, 5.41) is 2.86. The molecule has 0 unspecified atom stereocenters. The molecule has 3 aromatic carbocycles. The molecule has 0 aromatic heterocycles. The molecule has 0 spiro atoms. The Hall–Kier alpha value is -3.86. The van der Waals surface area contributed by atoms with E-state index in [-0.39, 0.29) is 18.3 Å². The average Bonchev–Trinajstić information content (AvgIpc) is 2.71. The number of nitrogens with two attached hydrogens (primary N) is 1. The number of anilines is 2. The molecular formula is C24H22N2O3. The molecule has 146 valence electrons. The summed E-state index contributed by atoms with van der Waals surface area (Å²) in [5.74, 6) is -0.516. The normalized spacial score (nSPS) is 10.7. The van der Waals surface area contributed by atoms with E-state index in [1.807, 2.05) is 72.8 Å². The number of esters is 1. The molecule has 29 heavy (non-hydrogen) atoms. The number of benzene rings is 3. The van der Waals surface area contributed by atoms with E-state index in [2.05, 4.69) is 5.32 Å². The first-order chi connectivity index (χ1) is 14.0. The number of rotatable bonds is 6. The monoisotopic (exact) mass is 386 g/mol. The lowest BCUT2D eigenvalue weighted by atomic mass is 10.0. The number of nitrogens with one attached hydrogen (secondary N) is 1. The molecule has 0 heterocycles. The highest BCUT2D eigenvalue weighted by Crippen LogP contribution is 2.27. The summed E-state index contributed by atoms with van der Waals surface area (Å²) in [4.78, 5) is 23.1. The molecule has 3 N–H and O–H groups in total. The molecule has 0 atom stereocenters. The van der Waals surface area contributed by atoms with Crippen LogP contribution in [-0.4, -0.2) is 11.9 Å². The molecule has 5 heteroatoms. The van der Waals surface area contributed by atoms with Gasteiger partial charge in [0.1, 0.15) is 0 Å². The van der Waals surface area contributed by atoms with E-state index in [4.69, 9.17) is 10.5 Å². The second-order valence-electron chi connectivity index (χ2n) is 6.55. The molecule has 0 fully saturated rings. The van der Waals surface area contributed by atoms with Crippen LogP contribution in [-0.2, 0) is 20.7 Å². The zero-order valence-corrected chi connectivity index (χ0v) is 16.1. The first-order valence-corrected chi connectivity index (χ1v) is 9.19. The summed E-state index contributed by atoms with van der Waals surface area (Å²) < 4.78 is 4.76. The molecular weight excluding hydrogens is 364 g/mol. The van der Waals surface area contributed by atoms with Crippen LogP contribution < -0.4 is 11.1 Å². The molecule has 0 aliphatic carbocycles. The highest BCUT2D eigenvalue weighted by Gasteiger charge is 2.08. The minimum Gasteiger partial charge on any atom is -0.435 e. The predicted octanol–water partition coefficient (Wildman–Crippen LogP) is 4.65. The van der Waals surface area contributed by atoms with Gasteiger partial charge in [-0.1, -0.05) is 60.7 Å². The van der Waals surface area contributed by atoms with Gasteiger partial charge in [-0.2, -0.15) is 0 Å². The Labute approximate surface area is 169 Å². The summed E-state index contributed by atoms with van der Waals surface area (Å²) in [6.45, 7) is 1.34. The fourth-order valence-electron chi connectivity index (χ4n) is 2.82. The number of amides is 1. The number of nitrogen functional groups attached to an aromatic ring is 1. The van der Waals surface area contributed by atoms with Crippen molar-refractivity contribution < 1.29 is 14.3 Å². The fourth-order valence-corrected chi connectivity index (χ4v) is 2.82. The molecule has 0 bridgehead atoms. The summed E-state index contributed by atoms with van der Waals surface area (Å²) in [7, 11) is 0. The summed E-state index contributed by atoms with van der Waals surface area (Å²) in [6, 6.07) is 23.0. The molecule has 0 saturated carbocycles. The molecule has 3 aromatic rings. The minimum atomic E-state index is -0.370. The molecule has 0 radical (unpaired) electrons. The van der Waals surface area contributed by atoms with Gasteiger partial charge in [-0.25, -0.2) is 0 Å². The van der Waals surface area contributed by atoms with Crippen molar-refractivity contribution >= 4 is 29.3 Å². The Morgan fingerprint density at radius 2 is 1.69 bits per heavy atom. The van der Waals surface area contributed by atoms with Crippen molar-refractivity contribution in [3.8, 4) is 11.1 Å². The molecule has 1 amide bonds. The average molecular weight is 386 g/mol. The number of hydrogen-bond acceptors (Lipinski definition) is 4. The molecule has 3 rings (SSSR count). The Bertz CT molecular complexity index is 1030. The van der Waals surface area contributed by atoms with E-state index in [0.29, 0.717) is 11.4 Å². The first-order valence-electron chi connectivity index (χ1n) is 9.19. The van der Waals surface area contributed by atoms with E-state index in [0.717, 1.165) is 22.3 Å². The van der Waals surface area contributed by atoms with Gasteiger partial charge in [0.2, 0.25) is 5.91 Å². The Balaban J connectivity index is 1.60. The number of hydrogen-bond donors (Lipinski definition) is 2. The van der Waals surface area contributed by atoms with Gasteiger partial charge in [0.15, 0.2) is 0 Å². The second-order valence-corrected chi connectivity index (χ2v) is 6.55. The van der Waals surface area contributed by atoms with Crippen molar-refractivity contribution in [2.75, 3.05) is 11.1 Å². The van der Waals surface area contributed by atoms with Crippen molar-refractivity contribution in [3.05, 3.63) is 90.2 Å². The van der Waals surface area contributed by atoms with Crippen LogP contribution in [0.25, 0.3) is 17.2 Å². The molecule has 0 saturated heterocycles. The van der Waals surface area contributed by atoms with Crippen LogP contribution in [0.5, 0.6) is 0 Å². The van der Waals surface area contributed by atoms with Crippen molar-refractivity contribution in [2.24, 2.45) is 0 Å². The second kappa shape index (κ2) is 9.37. The third kappa shape index (κ3) is 5.81. The lowest BCUT2D eigenvalue weighted by Gasteiger charge is -2.10. The van der Waals surface area contributed by atoms with E-state index in [9.17, 15) is 9.59 Å². The standard InChI is InChI=1S/C24H22N2O3/c1-17(27)29-14-13-18-7-9-19(10-8-18)15-24(28)26-23-12-11-21(16-22(23)25)20-5-3-2-4-6-20/h2-14,16H,15,25H2,1H3,(H,26,28)/b14-13+. The SMILES string of the molecule is CC(=O)O/C=C/c1ccc(CC(=O)Nc2ccc(-c3ccccc3)cc2N)cc1. The van der Waals surface area contributed by atoms with Gasteiger partial charge >= 0.3 is 5.97 Å². The highest BCUT2D eigenvalue weighted by molar-refractivity contribution is 5.95. The van der Waals surface area contributed by atoms with Crippen molar-refractivity contribution in [1.29, 1.82) is 0 Å². The highest BCUT2D eigenvalue weighted by atomic mass is 16.5. The molecule has 0 aliphatic rings. The summed E-state index contributed by atoms with van der Waals surface area (Å²) in [5.41, 5.74) is 11.0. The number of carbonyl (C=O) groups excluding carboxylic acids is 2. The summed E-state index contributed by atoms with van der Waals surface area (Å²) >= 11 is 0. The quantitative estimate of drug-likeness (QED) is 0.367. The Morgan fingerprint density at radius 1 is 0.966 bits per heavy atom. The van der Waals surface area contributed by atoms with Crippen LogP contribution in [0.4, 0.5) is 11.4 Å². The van der Waals surface area contributed by atoms with E-state index >= 15 is 0 Å². The zero-order chi connectivity index (χ0) is 20.6.